The molecule has 13 amide bonds. The van der Waals surface area contributed by atoms with E-state index in [1.807, 2.05) is 20.1 Å². The molecule has 0 radical (unpaired) electrons. The SMILES string of the molecule is CSCC[C@H](NC(=O)[C@@H](CC(C)C)NC(=O)CNC(=O)[C@@H](Cc1ccccc1)NC(=O)[C@H](Cc1ccccc1)NC(=O)[C@H](CCC(N)=O)NC(=O)[C@@H](CCC(N)=O)NC(=O)[C@H]1CCCN1C(=O)[C@@H](CCCCN)NC(=O)[C@@H]1CCCN1C(=O)[C@@H](N)CCCN=C(N)N)C(N)=O. The van der Waals surface area contributed by atoms with Gasteiger partial charge in [0.05, 0.1) is 12.6 Å². The lowest BCUT2D eigenvalue weighted by atomic mass is 10.0. The number of guanidine groups is 1. The van der Waals surface area contributed by atoms with Crippen molar-refractivity contribution in [3.8, 4) is 0 Å². The van der Waals surface area contributed by atoms with Crippen molar-refractivity contribution in [3.63, 3.8) is 0 Å². The maximum absolute atomic E-state index is 14.7. The summed E-state index contributed by atoms with van der Waals surface area (Å²) < 4.78 is 0. The van der Waals surface area contributed by atoms with Gasteiger partial charge >= 0.3 is 0 Å². The standard InChI is InChI=1S/C63H98N18O13S/c1-37(2)33-45(57(89)74-41(53(68)85)27-32-95-3)73-52(84)36-72-54(86)46(34-38-15-6-4-7-16-38)78-58(90)47(35-39-17-8-5-9-18-39)79-56(88)42(23-25-50(66)82)75-55(87)43(24-26-51(67)83)76-59(91)49-22-14-31-81(49)62(94)44(20-10-11-28-64)77-60(92)48-21-13-30-80(48)61(93)40(65)19-12-29-71-63(69)70/h4-9,15-18,37,40-49H,10-14,19-36,64-65H2,1-3H3,(H2,66,82)(H2,67,83)(H2,68,85)(H,72,86)(H,73,84)(H,74,89)(H,75,87)(H,76,91)(H,77,92)(H,78,90)(H,79,88)(H4,69,70,71)/t40-,41-,42-,43+,44+,45+,46+,47-,48-,49+/m0/s1. The van der Waals surface area contributed by atoms with E-state index in [1.54, 1.807) is 60.7 Å². The Morgan fingerprint density at radius 2 is 1.01 bits per heavy atom. The van der Waals surface area contributed by atoms with Gasteiger partial charge in [-0.05, 0) is 119 Å². The number of unbranched alkanes of at least 4 members (excludes halogenated alkanes) is 1. The van der Waals surface area contributed by atoms with Crippen LogP contribution in [0.25, 0.3) is 0 Å². The van der Waals surface area contributed by atoms with Gasteiger partial charge in [0.2, 0.25) is 76.8 Å². The Labute approximate surface area is 558 Å². The first kappa shape index (κ1) is 78.5. The van der Waals surface area contributed by atoms with Gasteiger partial charge < -0.3 is 92.5 Å². The molecule has 0 spiro atoms. The van der Waals surface area contributed by atoms with Crippen molar-refractivity contribution in [3.05, 3.63) is 71.8 Å². The Bertz CT molecular complexity index is 2960. The number of benzene rings is 2. The molecule has 22 N–H and O–H groups in total. The quantitative estimate of drug-likeness (QED) is 0.0173. The molecule has 2 fully saturated rings. The lowest BCUT2D eigenvalue weighted by Gasteiger charge is -2.32. The minimum atomic E-state index is -1.64. The summed E-state index contributed by atoms with van der Waals surface area (Å²) in [6.07, 6.45) is 3.12. The molecule has 0 unspecified atom stereocenters. The number of rotatable bonds is 42. The van der Waals surface area contributed by atoms with Gasteiger partial charge in [0.25, 0.3) is 0 Å². The third-order valence-corrected chi connectivity index (χ3v) is 16.7. The van der Waals surface area contributed by atoms with Crippen LogP contribution < -0.4 is 82.7 Å². The molecule has 0 aliphatic carbocycles. The van der Waals surface area contributed by atoms with Gasteiger partial charge in [-0.25, -0.2) is 0 Å². The van der Waals surface area contributed by atoms with Crippen LogP contribution in [0.2, 0.25) is 0 Å². The maximum Gasteiger partial charge on any atom is 0.245 e. The molecule has 2 aliphatic heterocycles. The van der Waals surface area contributed by atoms with Gasteiger partial charge in [0.1, 0.15) is 54.4 Å². The Balaban J connectivity index is 1.56. The fourth-order valence-corrected chi connectivity index (χ4v) is 11.5. The first-order chi connectivity index (χ1) is 45.2. The number of thioether (sulfide) groups is 1. The van der Waals surface area contributed by atoms with Crippen molar-refractivity contribution in [1.29, 1.82) is 0 Å². The Morgan fingerprint density at radius 1 is 0.537 bits per heavy atom. The van der Waals surface area contributed by atoms with Crippen molar-refractivity contribution in [2.45, 2.75) is 183 Å². The van der Waals surface area contributed by atoms with Crippen LogP contribution in [-0.2, 0) is 75.2 Å². The summed E-state index contributed by atoms with van der Waals surface area (Å²) in [5.41, 5.74) is 40.6. The zero-order valence-electron chi connectivity index (χ0n) is 54.5. The number of carbonyl (C=O) groups excluding carboxylic acids is 13. The van der Waals surface area contributed by atoms with Gasteiger partial charge in [-0.2, -0.15) is 11.8 Å². The zero-order valence-corrected chi connectivity index (χ0v) is 55.3. The fraction of sp³-hybridized carbons (Fsp3) is 0.587. The number of carbonyl (C=O) groups is 13. The van der Waals surface area contributed by atoms with E-state index in [-0.39, 0.29) is 83.0 Å². The Morgan fingerprint density at radius 3 is 1.51 bits per heavy atom. The largest absolute Gasteiger partial charge is 0.370 e. The predicted molar refractivity (Wildman–Crippen MR) is 356 cm³/mol. The normalized spacial score (nSPS) is 16.8. The summed E-state index contributed by atoms with van der Waals surface area (Å²) in [7, 11) is 0. The van der Waals surface area contributed by atoms with Crippen molar-refractivity contribution in [2.75, 3.05) is 44.7 Å². The lowest BCUT2D eigenvalue weighted by molar-refractivity contribution is -0.144. The van der Waals surface area contributed by atoms with Gasteiger partial charge in [0, 0.05) is 45.3 Å². The summed E-state index contributed by atoms with van der Waals surface area (Å²) in [5, 5.41) is 21.1. The van der Waals surface area contributed by atoms with E-state index < -0.39 is 169 Å². The highest BCUT2D eigenvalue weighted by Crippen LogP contribution is 2.24. The monoisotopic (exact) mass is 1350 g/mol. The van der Waals surface area contributed by atoms with E-state index in [1.165, 1.54) is 21.6 Å². The molecular formula is C63H98N18O13S. The summed E-state index contributed by atoms with van der Waals surface area (Å²) >= 11 is 1.45. The number of likely N-dealkylation sites (tertiary alicyclic amines) is 2. The van der Waals surface area contributed by atoms with Crippen molar-refractivity contribution < 1.29 is 62.3 Å². The summed E-state index contributed by atoms with van der Waals surface area (Å²) in [4.78, 5) is 185. The molecule has 524 valence electrons. The molecule has 2 heterocycles. The molecule has 10 atom stereocenters. The van der Waals surface area contributed by atoms with Crippen molar-refractivity contribution >= 4 is 94.5 Å². The fourth-order valence-electron chi connectivity index (χ4n) is 11.0. The molecule has 2 aromatic rings. The van der Waals surface area contributed by atoms with Crippen molar-refractivity contribution in [1.82, 2.24) is 52.3 Å². The molecule has 2 aromatic carbocycles. The maximum atomic E-state index is 14.7. The van der Waals surface area contributed by atoms with E-state index in [0.29, 0.717) is 55.4 Å². The topological polar surface area (TPSA) is 519 Å². The molecule has 95 heavy (non-hydrogen) atoms. The van der Waals surface area contributed by atoms with E-state index >= 15 is 0 Å². The van der Waals surface area contributed by atoms with E-state index in [4.69, 9.17) is 40.1 Å². The highest BCUT2D eigenvalue weighted by atomic mass is 32.2. The molecule has 31 nitrogen and oxygen atoms in total. The zero-order chi connectivity index (χ0) is 70.1. The third-order valence-electron chi connectivity index (χ3n) is 16.0. The van der Waals surface area contributed by atoms with Crippen LogP contribution in [0.1, 0.15) is 121 Å². The summed E-state index contributed by atoms with van der Waals surface area (Å²) in [5.74, 6) is -9.80. The number of hydrogen-bond donors (Lipinski definition) is 15. The number of amides is 13. The Hall–Kier alpha value is -8.91. The van der Waals surface area contributed by atoms with E-state index in [9.17, 15) is 62.3 Å². The first-order valence-corrected chi connectivity index (χ1v) is 33.6. The second-order valence-electron chi connectivity index (χ2n) is 24.1. The van der Waals surface area contributed by atoms with Crippen LogP contribution in [0, 0.1) is 5.92 Å². The second kappa shape index (κ2) is 41.0. The van der Waals surface area contributed by atoms with Crippen LogP contribution >= 0.6 is 11.8 Å². The van der Waals surface area contributed by atoms with E-state index in [2.05, 4.69) is 47.5 Å². The highest BCUT2D eigenvalue weighted by Gasteiger charge is 2.42. The molecule has 4 rings (SSSR count). The number of nitrogens with one attached hydrogen (secondary N) is 8. The average Bonchev–Trinajstić information content (AvgIpc) is 1.74. The van der Waals surface area contributed by atoms with Gasteiger partial charge in [-0.15, -0.1) is 0 Å². The molecular weight excluding hydrogens is 1250 g/mol. The van der Waals surface area contributed by atoms with Crippen LogP contribution in [0.15, 0.2) is 65.7 Å². The highest BCUT2D eigenvalue weighted by molar-refractivity contribution is 7.98. The summed E-state index contributed by atoms with van der Waals surface area (Å²) in [6.45, 7) is 3.86. The molecule has 0 aromatic heterocycles. The van der Waals surface area contributed by atoms with Crippen molar-refractivity contribution in [2.24, 2.45) is 51.0 Å². The average molecular weight is 1350 g/mol. The summed E-state index contributed by atoms with van der Waals surface area (Å²) in [6, 6.07) is 4.51. The second-order valence-corrected chi connectivity index (χ2v) is 25.1. The number of nitrogens with two attached hydrogens (primary N) is 7. The van der Waals surface area contributed by atoms with Crippen LogP contribution in [-0.4, -0.2) is 198 Å². The number of nitrogens with zero attached hydrogens (tertiary/aromatic N) is 3. The molecule has 0 saturated carbocycles. The molecule has 2 aliphatic rings. The molecule has 2 saturated heterocycles. The number of aliphatic imine (C=N–C) groups is 1. The van der Waals surface area contributed by atoms with E-state index in [0.717, 1.165) is 0 Å². The van der Waals surface area contributed by atoms with Crippen LogP contribution in [0.5, 0.6) is 0 Å². The van der Waals surface area contributed by atoms with Gasteiger partial charge in [0.15, 0.2) is 5.96 Å². The molecule has 0 bridgehead atoms. The molecule has 32 heteroatoms. The Kier molecular flexibility index (Phi) is 33.9. The third kappa shape index (κ3) is 27.5. The van der Waals surface area contributed by atoms with Gasteiger partial charge in [-0.3, -0.25) is 67.3 Å². The minimum Gasteiger partial charge on any atom is -0.370 e. The minimum absolute atomic E-state index is 0.0736. The van der Waals surface area contributed by atoms with Crippen LogP contribution in [0.3, 0.4) is 0 Å². The number of hydrogen-bond acceptors (Lipinski definition) is 17. The van der Waals surface area contributed by atoms with Gasteiger partial charge in [-0.1, -0.05) is 74.5 Å². The lowest BCUT2D eigenvalue weighted by Crippen LogP contribution is -2.60. The predicted octanol–water partition coefficient (Wildman–Crippen LogP) is -3.71. The smallest absolute Gasteiger partial charge is 0.245 e. The first-order valence-electron chi connectivity index (χ1n) is 32.2. The number of primary amides is 3. The van der Waals surface area contributed by atoms with Crippen LogP contribution in [0.4, 0.5) is 0 Å².